The minimum Gasteiger partial charge on any atom is -1.00 e. The van der Waals surface area contributed by atoms with Gasteiger partial charge in [-0.1, -0.05) is 6.92 Å². The van der Waals surface area contributed by atoms with Crippen molar-refractivity contribution >= 4 is 0 Å². The van der Waals surface area contributed by atoms with Gasteiger partial charge in [0.05, 0.1) is 6.04 Å². The molecule has 0 aliphatic rings. The van der Waals surface area contributed by atoms with Gasteiger partial charge >= 0.3 is 0 Å². The quantitative estimate of drug-likeness (QED) is 0.373. The van der Waals surface area contributed by atoms with Crippen LogP contribution < -0.4 is 18.1 Å². The molecule has 0 heterocycles. The van der Waals surface area contributed by atoms with E-state index in [0.717, 1.165) is 0 Å². The first-order chi connectivity index (χ1) is 2.27. The Kier molecular flexibility index (Phi) is 8.35. The Morgan fingerprint density at radius 2 is 1.83 bits per heavy atom. The van der Waals surface area contributed by atoms with Gasteiger partial charge in [0.15, 0.2) is 0 Å². The number of hydrogen-bond donors (Lipinski definition) is 1. The molecule has 0 amide bonds. The van der Waals surface area contributed by atoms with Crippen LogP contribution in [-0.4, -0.2) is 6.04 Å². The highest BCUT2D eigenvalue weighted by Gasteiger charge is 1.84. The lowest BCUT2D eigenvalue weighted by Crippen LogP contribution is -3.00. The lowest BCUT2D eigenvalue weighted by Gasteiger charge is -1.87. The molecular weight excluding hydrogens is 97.5 g/mol. The van der Waals surface area contributed by atoms with Crippen LogP contribution in [0.4, 0.5) is 0 Å². The van der Waals surface area contributed by atoms with Crippen LogP contribution in [0.3, 0.4) is 0 Å². The van der Waals surface area contributed by atoms with Crippen LogP contribution in [0.1, 0.15) is 20.3 Å². The first-order valence-corrected chi connectivity index (χ1v) is 2.10. The standard InChI is InChI=1S/C4H11N.ClH/c1-3-4(2)5;/h4H,3,5H2,1-2H3;1H. The van der Waals surface area contributed by atoms with Gasteiger partial charge in [0.1, 0.15) is 0 Å². The topological polar surface area (TPSA) is 27.6 Å². The monoisotopic (exact) mass is 109 g/mol. The van der Waals surface area contributed by atoms with E-state index in [1.807, 2.05) is 0 Å². The molecule has 1 unspecified atom stereocenters. The normalized spacial score (nSPS) is 12.5. The van der Waals surface area contributed by atoms with Crippen molar-refractivity contribution in [1.82, 2.24) is 0 Å². The molecule has 0 aliphatic heterocycles. The first kappa shape index (κ1) is 9.54. The summed E-state index contributed by atoms with van der Waals surface area (Å²) in [4.78, 5) is 0. The molecule has 0 rings (SSSR count). The largest absolute Gasteiger partial charge is 1.00 e. The van der Waals surface area contributed by atoms with Crippen LogP contribution in [0.25, 0.3) is 0 Å². The Balaban J connectivity index is 0. The summed E-state index contributed by atoms with van der Waals surface area (Å²) in [5, 5.41) is 0. The molecule has 1 atom stereocenters. The maximum atomic E-state index is 3.76. The van der Waals surface area contributed by atoms with E-state index in [0.29, 0.717) is 6.04 Å². The zero-order chi connectivity index (χ0) is 4.28. The van der Waals surface area contributed by atoms with Gasteiger partial charge in [0.2, 0.25) is 0 Å². The van der Waals surface area contributed by atoms with Crippen molar-refractivity contribution in [3.63, 3.8) is 0 Å². The molecule has 0 bridgehead atoms. The average molecular weight is 110 g/mol. The number of hydrogen-bond acceptors (Lipinski definition) is 0. The van der Waals surface area contributed by atoms with Gasteiger partial charge in [-0.3, -0.25) is 0 Å². The summed E-state index contributed by atoms with van der Waals surface area (Å²) >= 11 is 0. The van der Waals surface area contributed by atoms with Crippen molar-refractivity contribution in [2.75, 3.05) is 0 Å². The van der Waals surface area contributed by atoms with E-state index in [4.69, 9.17) is 0 Å². The van der Waals surface area contributed by atoms with Gasteiger partial charge in [-0.05, 0) is 13.3 Å². The Morgan fingerprint density at radius 1 is 1.67 bits per heavy atom. The molecule has 40 valence electrons. The molecule has 0 radical (unpaired) electrons. The third-order valence-corrected chi connectivity index (χ3v) is 0.697. The molecule has 0 saturated carbocycles. The van der Waals surface area contributed by atoms with Gasteiger partial charge in [0, 0.05) is 0 Å². The summed E-state index contributed by atoms with van der Waals surface area (Å²) < 4.78 is 0. The van der Waals surface area contributed by atoms with Crippen LogP contribution in [0.5, 0.6) is 0 Å². The molecule has 0 aromatic rings. The third kappa shape index (κ3) is 8.87. The molecule has 1 nitrogen and oxygen atoms in total. The van der Waals surface area contributed by atoms with Crippen LogP contribution in [0, 0.1) is 0 Å². The molecular formula is C4H12ClN. The predicted octanol–water partition coefficient (Wildman–Crippen LogP) is -2.97. The Labute approximate surface area is 45.3 Å². The van der Waals surface area contributed by atoms with Crippen LogP contribution in [-0.2, 0) is 0 Å². The van der Waals surface area contributed by atoms with E-state index in [1.54, 1.807) is 0 Å². The lowest BCUT2D eigenvalue weighted by atomic mass is 10.3. The second-order valence-electron chi connectivity index (χ2n) is 1.51. The molecule has 2 heteroatoms. The molecule has 0 fully saturated rings. The van der Waals surface area contributed by atoms with Gasteiger partial charge in [0.25, 0.3) is 0 Å². The summed E-state index contributed by atoms with van der Waals surface area (Å²) in [5.41, 5.74) is 3.76. The Morgan fingerprint density at radius 3 is 1.83 bits per heavy atom. The molecule has 0 aliphatic carbocycles. The van der Waals surface area contributed by atoms with Crippen molar-refractivity contribution in [2.24, 2.45) is 0 Å². The van der Waals surface area contributed by atoms with E-state index >= 15 is 0 Å². The second kappa shape index (κ2) is 5.25. The summed E-state index contributed by atoms with van der Waals surface area (Å²) in [6, 6.07) is 0.634. The summed E-state index contributed by atoms with van der Waals surface area (Å²) in [6.45, 7) is 4.25. The first-order valence-electron chi connectivity index (χ1n) is 2.10. The van der Waals surface area contributed by atoms with Gasteiger partial charge in [-0.2, -0.15) is 0 Å². The minimum absolute atomic E-state index is 0. The van der Waals surface area contributed by atoms with Crippen molar-refractivity contribution in [1.29, 1.82) is 0 Å². The average Bonchev–Trinajstić information content (AvgIpc) is 1.38. The number of halogens is 1. The van der Waals surface area contributed by atoms with Crippen molar-refractivity contribution in [2.45, 2.75) is 26.3 Å². The molecule has 0 aromatic heterocycles. The highest BCUT2D eigenvalue weighted by molar-refractivity contribution is 4.31. The smallest absolute Gasteiger partial charge is 0.0812 e. The summed E-state index contributed by atoms with van der Waals surface area (Å²) in [7, 11) is 0. The Bertz CT molecular complexity index is 21.5. The third-order valence-electron chi connectivity index (χ3n) is 0.697. The van der Waals surface area contributed by atoms with Gasteiger partial charge in [-0.25, -0.2) is 0 Å². The van der Waals surface area contributed by atoms with Crippen LogP contribution in [0.15, 0.2) is 0 Å². The maximum Gasteiger partial charge on any atom is 0.0812 e. The van der Waals surface area contributed by atoms with E-state index < -0.39 is 0 Å². The minimum atomic E-state index is 0. The van der Waals surface area contributed by atoms with Crippen molar-refractivity contribution < 1.29 is 18.1 Å². The Hall–Kier alpha value is 0.250. The van der Waals surface area contributed by atoms with Gasteiger partial charge < -0.3 is 18.1 Å². The van der Waals surface area contributed by atoms with Crippen molar-refractivity contribution in [3.05, 3.63) is 0 Å². The molecule has 6 heavy (non-hydrogen) atoms. The zero-order valence-electron chi connectivity index (χ0n) is 4.37. The highest BCUT2D eigenvalue weighted by atomic mass is 35.5. The predicted molar refractivity (Wildman–Crippen MR) is 22.6 cm³/mol. The number of rotatable bonds is 1. The second-order valence-corrected chi connectivity index (χ2v) is 1.51. The maximum absolute atomic E-state index is 3.76. The SMILES string of the molecule is CCC(C)[NH3+].[Cl-]. The fraction of sp³-hybridized carbons (Fsp3) is 1.00. The van der Waals surface area contributed by atoms with Gasteiger partial charge in [-0.15, -0.1) is 0 Å². The summed E-state index contributed by atoms with van der Waals surface area (Å²) in [5.74, 6) is 0. The number of quaternary nitrogens is 1. The molecule has 0 aromatic carbocycles. The lowest BCUT2D eigenvalue weighted by molar-refractivity contribution is -0.414. The fourth-order valence-corrected chi connectivity index (χ4v) is 0. The van der Waals surface area contributed by atoms with E-state index in [9.17, 15) is 0 Å². The zero-order valence-corrected chi connectivity index (χ0v) is 5.13. The van der Waals surface area contributed by atoms with Crippen molar-refractivity contribution in [3.8, 4) is 0 Å². The van der Waals surface area contributed by atoms with Crippen LogP contribution >= 0.6 is 0 Å². The molecule has 3 N–H and O–H groups in total. The van der Waals surface area contributed by atoms with E-state index in [-0.39, 0.29) is 12.4 Å². The highest BCUT2D eigenvalue weighted by Crippen LogP contribution is 1.74. The van der Waals surface area contributed by atoms with E-state index in [2.05, 4.69) is 19.6 Å². The fourth-order valence-electron chi connectivity index (χ4n) is 0. The van der Waals surface area contributed by atoms with E-state index in [1.165, 1.54) is 6.42 Å². The molecule has 0 spiro atoms. The van der Waals surface area contributed by atoms with Crippen LogP contribution in [0.2, 0.25) is 0 Å². The summed E-state index contributed by atoms with van der Waals surface area (Å²) in [6.07, 6.45) is 1.19. The molecule has 0 saturated heterocycles.